The normalized spacial score (nSPS) is 11.0. The van der Waals surface area contributed by atoms with Crippen LogP contribution in [0.1, 0.15) is 17.5 Å². The van der Waals surface area contributed by atoms with Crippen LogP contribution in [0.5, 0.6) is 0 Å². The Morgan fingerprint density at radius 2 is 1.70 bits per heavy atom. The van der Waals surface area contributed by atoms with E-state index in [9.17, 15) is 4.79 Å². The second kappa shape index (κ2) is 9.59. The van der Waals surface area contributed by atoms with E-state index in [1.54, 1.807) is 6.08 Å². The molecule has 0 aliphatic heterocycles. The van der Waals surface area contributed by atoms with Crippen LogP contribution in [0.4, 0.5) is 0 Å². The average molecular weight is 308 g/mol. The SMILES string of the molecule is CN(CCCNC(=O)C=Cc1ccccc1)Cc1ccccc1. The molecule has 0 radical (unpaired) electrons. The summed E-state index contributed by atoms with van der Waals surface area (Å²) >= 11 is 0. The molecule has 2 aromatic carbocycles. The van der Waals surface area contributed by atoms with Crippen molar-refractivity contribution in [2.75, 3.05) is 20.1 Å². The molecule has 0 saturated carbocycles. The monoisotopic (exact) mass is 308 g/mol. The number of amides is 1. The molecule has 0 spiro atoms. The molecule has 0 atom stereocenters. The van der Waals surface area contributed by atoms with Crippen molar-refractivity contribution in [3.63, 3.8) is 0 Å². The smallest absolute Gasteiger partial charge is 0.243 e. The molecule has 0 bridgehead atoms. The van der Waals surface area contributed by atoms with Crippen LogP contribution in [-0.2, 0) is 11.3 Å². The highest BCUT2D eigenvalue weighted by molar-refractivity contribution is 5.91. The van der Waals surface area contributed by atoms with Crippen molar-refractivity contribution in [1.29, 1.82) is 0 Å². The number of carbonyl (C=O) groups excluding carboxylic acids is 1. The highest BCUT2D eigenvalue weighted by atomic mass is 16.1. The maximum absolute atomic E-state index is 11.7. The zero-order valence-corrected chi connectivity index (χ0v) is 13.6. The van der Waals surface area contributed by atoms with Gasteiger partial charge in [0.05, 0.1) is 0 Å². The third-order valence-corrected chi connectivity index (χ3v) is 3.54. The maximum Gasteiger partial charge on any atom is 0.243 e. The van der Waals surface area contributed by atoms with Gasteiger partial charge >= 0.3 is 0 Å². The fraction of sp³-hybridized carbons (Fsp3) is 0.250. The molecule has 0 saturated heterocycles. The van der Waals surface area contributed by atoms with E-state index in [1.165, 1.54) is 5.56 Å². The Balaban J connectivity index is 1.61. The maximum atomic E-state index is 11.7. The van der Waals surface area contributed by atoms with E-state index in [2.05, 4.69) is 41.5 Å². The largest absolute Gasteiger partial charge is 0.353 e. The summed E-state index contributed by atoms with van der Waals surface area (Å²) in [5.74, 6) is -0.0421. The van der Waals surface area contributed by atoms with Crippen LogP contribution in [0.15, 0.2) is 66.7 Å². The Hall–Kier alpha value is -2.39. The highest BCUT2D eigenvalue weighted by Crippen LogP contribution is 2.03. The first-order valence-corrected chi connectivity index (χ1v) is 7.97. The molecule has 23 heavy (non-hydrogen) atoms. The number of hydrogen-bond acceptors (Lipinski definition) is 2. The average Bonchev–Trinajstić information content (AvgIpc) is 2.59. The summed E-state index contributed by atoms with van der Waals surface area (Å²) in [5.41, 5.74) is 2.34. The summed E-state index contributed by atoms with van der Waals surface area (Å²) in [6, 6.07) is 20.2. The first kappa shape index (κ1) is 17.0. The van der Waals surface area contributed by atoms with Gasteiger partial charge < -0.3 is 10.2 Å². The number of rotatable bonds is 8. The zero-order chi connectivity index (χ0) is 16.3. The summed E-state index contributed by atoms with van der Waals surface area (Å²) in [6.07, 6.45) is 4.36. The van der Waals surface area contributed by atoms with Crippen LogP contribution >= 0.6 is 0 Å². The Bertz CT molecular complexity index is 608. The van der Waals surface area contributed by atoms with E-state index in [4.69, 9.17) is 0 Å². The minimum atomic E-state index is -0.0421. The van der Waals surface area contributed by atoms with Crippen molar-refractivity contribution >= 4 is 12.0 Å². The van der Waals surface area contributed by atoms with E-state index in [-0.39, 0.29) is 5.91 Å². The van der Waals surface area contributed by atoms with Gasteiger partial charge in [0, 0.05) is 19.2 Å². The Kier molecular flexibility index (Phi) is 7.08. The van der Waals surface area contributed by atoms with Crippen LogP contribution in [0, 0.1) is 0 Å². The third kappa shape index (κ3) is 6.94. The van der Waals surface area contributed by atoms with E-state index < -0.39 is 0 Å². The number of hydrogen-bond donors (Lipinski definition) is 1. The van der Waals surface area contributed by atoms with Gasteiger partial charge in [-0.05, 0) is 37.2 Å². The Morgan fingerprint density at radius 1 is 1.04 bits per heavy atom. The predicted molar refractivity (Wildman–Crippen MR) is 95.9 cm³/mol. The van der Waals surface area contributed by atoms with E-state index >= 15 is 0 Å². The topological polar surface area (TPSA) is 32.3 Å². The molecule has 0 aliphatic carbocycles. The summed E-state index contributed by atoms with van der Waals surface area (Å²) in [6.45, 7) is 2.58. The van der Waals surface area contributed by atoms with Crippen molar-refractivity contribution < 1.29 is 4.79 Å². The lowest BCUT2D eigenvalue weighted by Gasteiger charge is -2.16. The van der Waals surface area contributed by atoms with Gasteiger partial charge in [-0.2, -0.15) is 0 Å². The molecule has 1 N–H and O–H groups in total. The lowest BCUT2D eigenvalue weighted by molar-refractivity contribution is -0.116. The summed E-state index contributed by atoms with van der Waals surface area (Å²) < 4.78 is 0. The van der Waals surface area contributed by atoms with E-state index in [0.29, 0.717) is 6.54 Å². The fourth-order valence-corrected chi connectivity index (χ4v) is 2.33. The van der Waals surface area contributed by atoms with Gasteiger partial charge in [-0.15, -0.1) is 0 Å². The first-order chi connectivity index (χ1) is 11.2. The minimum absolute atomic E-state index is 0.0421. The van der Waals surface area contributed by atoms with Crippen molar-refractivity contribution in [2.24, 2.45) is 0 Å². The van der Waals surface area contributed by atoms with Crippen LogP contribution in [0.3, 0.4) is 0 Å². The van der Waals surface area contributed by atoms with Crippen LogP contribution in [0.25, 0.3) is 6.08 Å². The fourth-order valence-electron chi connectivity index (χ4n) is 2.33. The summed E-state index contributed by atoms with van der Waals surface area (Å²) in [5, 5.41) is 2.92. The predicted octanol–water partition coefficient (Wildman–Crippen LogP) is 3.34. The van der Waals surface area contributed by atoms with Crippen molar-refractivity contribution in [2.45, 2.75) is 13.0 Å². The second-order valence-electron chi connectivity index (χ2n) is 5.61. The number of nitrogens with one attached hydrogen (secondary N) is 1. The van der Waals surface area contributed by atoms with Gasteiger partial charge in [-0.25, -0.2) is 0 Å². The molecule has 0 aliphatic rings. The lowest BCUT2D eigenvalue weighted by atomic mass is 10.2. The highest BCUT2D eigenvalue weighted by Gasteiger charge is 2.00. The molecule has 2 aromatic rings. The molecule has 2 rings (SSSR count). The minimum Gasteiger partial charge on any atom is -0.353 e. The third-order valence-electron chi connectivity index (χ3n) is 3.54. The molecule has 0 aromatic heterocycles. The standard InChI is InChI=1S/C20H24N2O/c1-22(17-19-11-6-3-7-12-19)16-8-15-21-20(23)14-13-18-9-4-2-5-10-18/h2-7,9-14H,8,15-17H2,1H3,(H,21,23). The zero-order valence-electron chi connectivity index (χ0n) is 13.6. The van der Waals surface area contributed by atoms with Crippen LogP contribution < -0.4 is 5.32 Å². The number of benzene rings is 2. The molecule has 0 unspecified atom stereocenters. The van der Waals surface area contributed by atoms with E-state index in [1.807, 2.05) is 42.5 Å². The van der Waals surface area contributed by atoms with Gasteiger partial charge in [0.1, 0.15) is 0 Å². The Morgan fingerprint density at radius 3 is 2.39 bits per heavy atom. The van der Waals surface area contributed by atoms with Gasteiger partial charge in [0.2, 0.25) is 5.91 Å². The molecular weight excluding hydrogens is 284 g/mol. The molecule has 0 heterocycles. The lowest BCUT2D eigenvalue weighted by Crippen LogP contribution is -2.26. The first-order valence-electron chi connectivity index (χ1n) is 7.97. The summed E-state index contributed by atoms with van der Waals surface area (Å²) in [7, 11) is 2.10. The quantitative estimate of drug-likeness (QED) is 0.599. The second-order valence-corrected chi connectivity index (χ2v) is 5.61. The van der Waals surface area contributed by atoms with Crippen molar-refractivity contribution in [1.82, 2.24) is 10.2 Å². The molecular formula is C20H24N2O. The Labute approximate surface area is 138 Å². The van der Waals surface area contributed by atoms with Crippen molar-refractivity contribution in [3.05, 3.63) is 77.9 Å². The van der Waals surface area contributed by atoms with Crippen LogP contribution in [0.2, 0.25) is 0 Å². The van der Waals surface area contributed by atoms with Crippen LogP contribution in [-0.4, -0.2) is 30.9 Å². The van der Waals surface area contributed by atoms with Gasteiger partial charge in [-0.1, -0.05) is 60.7 Å². The van der Waals surface area contributed by atoms with Gasteiger partial charge in [-0.3, -0.25) is 4.79 Å². The van der Waals surface area contributed by atoms with Gasteiger partial charge in [0.25, 0.3) is 0 Å². The molecule has 3 nitrogen and oxygen atoms in total. The molecule has 120 valence electrons. The summed E-state index contributed by atoms with van der Waals surface area (Å²) in [4.78, 5) is 14.0. The molecule has 3 heteroatoms. The molecule has 0 fully saturated rings. The molecule has 1 amide bonds. The number of nitrogens with zero attached hydrogens (tertiary/aromatic N) is 1. The van der Waals surface area contributed by atoms with E-state index in [0.717, 1.165) is 25.1 Å². The van der Waals surface area contributed by atoms with Crippen molar-refractivity contribution in [3.8, 4) is 0 Å². The number of carbonyl (C=O) groups is 1. The van der Waals surface area contributed by atoms with Gasteiger partial charge in [0.15, 0.2) is 0 Å².